The van der Waals surface area contributed by atoms with Gasteiger partial charge in [0, 0.05) is 12.5 Å². The van der Waals surface area contributed by atoms with Crippen molar-refractivity contribution in [2.24, 2.45) is 46.3 Å². The summed E-state index contributed by atoms with van der Waals surface area (Å²) in [6.45, 7) is 11.2. The molecule has 30 heavy (non-hydrogen) atoms. The second-order valence-corrected chi connectivity index (χ2v) is 12.8. The topological polar surface area (TPSA) is 41.5 Å². The summed E-state index contributed by atoms with van der Waals surface area (Å²) in [4.78, 5) is 0. The molecule has 3 heteroatoms. The first-order valence-corrected chi connectivity index (χ1v) is 13.1. The molecule has 0 radical (unpaired) electrons. The second-order valence-electron chi connectivity index (χ2n) is 12.8. The van der Waals surface area contributed by atoms with E-state index < -0.39 is 0 Å². The molecule has 168 valence electrons. The molecule has 11 atom stereocenters. The molecule has 2 aliphatic heterocycles. The number of aliphatic hydroxyl groups excluding tert-OH is 1. The minimum atomic E-state index is -0.100. The summed E-state index contributed by atoms with van der Waals surface area (Å²) in [6, 6.07) is 0. The third kappa shape index (κ3) is 2.55. The van der Waals surface area contributed by atoms with E-state index in [1.54, 1.807) is 5.57 Å². The summed E-state index contributed by atoms with van der Waals surface area (Å²) in [5, 5.41) is 14.1. The van der Waals surface area contributed by atoms with Crippen molar-refractivity contribution in [1.29, 1.82) is 0 Å². The Morgan fingerprint density at radius 3 is 2.67 bits per heavy atom. The number of piperidine rings is 1. The number of nitrogens with one attached hydrogen (secondary N) is 1. The molecule has 6 rings (SSSR count). The lowest BCUT2D eigenvalue weighted by Gasteiger charge is -2.58. The molecule has 0 aromatic rings. The van der Waals surface area contributed by atoms with Crippen LogP contribution in [0.1, 0.15) is 85.5 Å². The van der Waals surface area contributed by atoms with Crippen LogP contribution in [0.3, 0.4) is 0 Å². The van der Waals surface area contributed by atoms with E-state index in [1.165, 1.54) is 44.9 Å². The fourth-order valence-electron chi connectivity index (χ4n) is 9.84. The number of hydrogen-bond acceptors (Lipinski definition) is 3. The van der Waals surface area contributed by atoms with E-state index >= 15 is 0 Å². The third-order valence-electron chi connectivity index (χ3n) is 11.6. The Morgan fingerprint density at radius 2 is 1.90 bits per heavy atom. The van der Waals surface area contributed by atoms with Crippen LogP contribution in [0.15, 0.2) is 11.6 Å². The van der Waals surface area contributed by atoms with Gasteiger partial charge in [0.2, 0.25) is 0 Å². The Bertz CT molecular complexity index is 739. The van der Waals surface area contributed by atoms with E-state index in [-0.39, 0.29) is 11.8 Å². The lowest BCUT2D eigenvalue weighted by atomic mass is 9.47. The van der Waals surface area contributed by atoms with Crippen molar-refractivity contribution in [3.05, 3.63) is 11.6 Å². The van der Waals surface area contributed by atoms with E-state index in [0.29, 0.717) is 22.9 Å². The molecule has 2 N–H and O–H groups in total. The average molecular weight is 414 g/mol. The van der Waals surface area contributed by atoms with Crippen molar-refractivity contribution < 1.29 is 9.84 Å². The van der Waals surface area contributed by atoms with Crippen LogP contribution in [0.4, 0.5) is 0 Å². The van der Waals surface area contributed by atoms with Gasteiger partial charge in [0.25, 0.3) is 0 Å². The van der Waals surface area contributed by atoms with Crippen LogP contribution in [0.25, 0.3) is 0 Å². The zero-order valence-electron chi connectivity index (χ0n) is 19.6. The summed E-state index contributed by atoms with van der Waals surface area (Å²) in [5.41, 5.74) is 2.33. The van der Waals surface area contributed by atoms with Gasteiger partial charge in [-0.15, -0.1) is 0 Å². The van der Waals surface area contributed by atoms with Gasteiger partial charge in [-0.3, -0.25) is 5.32 Å². The molecule has 0 aromatic heterocycles. The maximum atomic E-state index is 10.3. The lowest BCUT2D eigenvalue weighted by molar-refractivity contribution is -0.115. The average Bonchev–Trinajstić information content (AvgIpc) is 3.16. The number of allylic oxidation sites excluding steroid dienone is 1. The molecular formula is C27H43NO2. The van der Waals surface area contributed by atoms with Crippen molar-refractivity contribution in [3.63, 3.8) is 0 Å². The Morgan fingerprint density at radius 1 is 1.07 bits per heavy atom. The molecule has 0 bridgehead atoms. The summed E-state index contributed by atoms with van der Waals surface area (Å²) in [6.07, 6.45) is 13.8. The number of hydrogen-bond donors (Lipinski definition) is 2. The van der Waals surface area contributed by atoms with Gasteiger partial charge in [-0.2, -0.15) is 0 Å². The van der Waals surface area contributed by atoms with Crippen molar-refractivity contribution in [1.82, 2.24) is 5.32 Å². The van der Waals surface area contributed by atoms with E-state index in [0.717, 1.165) is 49.0 Å². The summed E-state index contributed by atoms with van der Waals surface area (Å²) in [7, 11) is 0. The van der Waals surface area contributed by atoms with Crippen molar-refractivity contribution in [2.45, 2.75) is 103 Å². The first-order chi connectivity index (χ1) is 14.3. The number of rotatable bonds is 0. The van der Waals surface area contributed by atoms with Crippen molar-refractivity contribution >= 4 is 0 Å². The molecule has 6 aliphatic rings. The molecule has 1 spiro atoms. The number of ether oxygens (including phenoxy) is 1. The van der Waals surface area contributed by atoms with Crippen LogP contribution in [0.2, 0.25) is 0 Å². The maximum Gasteiger partial charge on any atom is 0.122 e. The predicted octanol–water partition coefficient (Wildman–Crippen LogP) is 5.29. The number of fused-ring (bicyclic) bond motifs is 7. The van der Waals surface area contributed by atoms with Gasteiger partial charge in [0.1, 0.15) is 5.72 Å². The largest absolute Gasteiger partial charge is 0.393 e. The van der Waals surface area contributed by atoms with Crippen LogP contribution in [0, 0.1) is 46.3 Å². The fraction of sp³-hybridized carbons (Fsp3) is 0.926. The third-order valence-corrected chi connectivity index (χ3v) is 11.6. The smallest absolute Gasteiger partial charge is 0.122 e. The lowest BCUT2D eigenvalue weighted by Crippen LogP contribution is -2.57. The first kappa shape index (κ1) is 20.2. The first-order valence-electron chi connectivity index (χ1n) is 13.1. The van der Waals surface area contributed by atoms with Gasteiger partial charge in [-0.05, 0) is 98.2 Å². The summed E-state index contributed by atoms with van der Waals surface area (Å²) < 4.78 is 7.00. The van der Waals surface area contributed by atoms with Crippen molar-refractivity contribution in [3.8, 4) is 0 Å². The Kier molecular flexibility index (Phi) is 4.44. The molecule has 5 fully saturated rings. The zero-order valence-corrected chi connectivity index (χ0v) is 19.6. The quantitative estimate of drug-likeness (QED) is 0.530. The molecule has 0 amide bonds. The van der Waals surface area contributed by atoms with E-state index in [4.69, 9.17) is 4.74 Å². The highest BCUT2D eigenvalue weighted by Gasteiger charge is 2.68. The minimum Gasteiger partial charge on any atom is -0.393 e. The summed E-state index contributed by atoms with van der Waals surface area (Å²) >= 11 is 0. The van der Waals surface area contributed by atoms with Gasteiger partial charge >= 0.3 is 0 Å². The minimum absolute atomic E-state index is 0.0439. The molecule has 3 saturated carbocycles. The number of aliphatic hydroxyl groups is 1. The maximum absolute atomic E-state index is 10.3. The van der Waals surface area contributed by atoms with Crippen LogP contribution in [0.5, 0.6) is 0 Å². The Labute approximate surface area is 183 Å². The van der Waals surface area contributed by atoms with Gasteiger partial charge in [0.05, 0.1) is 12.2 Å². The van der Waals surface area contributed by atoms with Gasteiger partial charge in [0.15, 0.2) is 0 Å². The van der Waals surface area contributed by atoms with Crippen molar-refractivity contribution in [2.75, 3.05) is 6.54 Å². The predicted molar refractivity (Wildman–Crippen MR) is 120 cm³/mol. The van der Waals surface area contributed by atoms with E-state index in [1.807, 2.05) is 0 Å². The zero-order chi connectivity index (χ0) is 20.9. The molecule has 2 saturated heterocycles. The van der Waals surface area contributed by atoms with Crippen LogP contribution < -0.4 is 5.32 Å². The fourth-order valence-corrected chi connectivity index (χ4v) is 9.84. The molecule has 2 heterocycles. The van der Waals surface area contributed by atoms with Crippen LogP contribution in [-0.4, -0.2) is 29.6 Å². The van der Waals surface area contributed by atoms with Crippen LogP contribution >= 0.6 is 0 Å². The van der Waals surface area contributed by atoms with Gasteiger partial charge < -0.3 is 9.84 Å². The highest BCUT2D eigenvalue weighted by atomic mass is 16.5. The highest BCUT2D eigenvalue weighted by Crippen LogP contribution is 2.70. The summed E-state index contributed by atoms with van der Waals surface area (Å²) in [5.74, 6) is 4.58. The van der Waals surface area contributed by atoms with Gasteiger partial charge in [-0.25, -0.2) is 0 Å². The Balaban J connectivity index is 1.28. The van der Waals surface area contributed by atoms with Crippen LogP contribution in [-0.2, 0) is 4.74 Å². The normalized spacial score (nSPS) is 59.8. The molecule has 7 unspecified atom stereocenters. The second kappa shape index (κ2) is 6.58. The highest BCUT2D eigenvalue weighted by molar-refractivity contribution is 5.26. The molecule has 3 nitrogen and oxygen atoms in total. The molecule has 4 aliphatic carbocycles. The van der Waals surface area contributed by atoms with E-state index in [9.17, 15) is 5.11 Å². The molecule has 0 aromatic carbocycles. The van der Waals surface area contributed by atoms with E-state index in [2.05, 4.69) is 39.1 Å². The monoisotopic (exact) mass is 413 g/mol. The SMILES string of the molecule is C[C@@H]1CC[C@@]2(NC1)OC1C[C@H]3C4CC=C5CC(O)CCC5(C)C4CCC3(C)C1[C@@H]2C. The standard InChI is InChI=1S/C27H43NO2/c1-16-7-12-27(28-15-16)17(2)24-23(30-27)14-22-20-6-5-18-13-19(29)8-10-25(18,3)21(20)9-11-26(22,24)4/h5,16-17,19-24,28-29H,6-15H2,1-4H3/t16-,17+,19?,20?,21?,22+,23?,24?,25?,26?,27-/m1/s1. The Hall–Kier alpha value is -0.380. The molecular weight excluding hydrogens is 370 g/mol. The van der Waals surface area contributed by atoms with Gasteiger partial charge in [-0.1, -0.05) is 39.3 Å².